The molecule has 132 valence electrons. The molecule has 0 amide bonds. The van der Waals surface area contributed by atoms with Crippen LogP contribution in [0.1, 0.15) is 29.7 Å². The molecule has 0 aliphatic heterocycles. The fourth-order valence-electron chi connectivity index (χ4n) is 2.23. The Morgan fingerprint density at radius 3 is 2.40 bits per heavy atom. The first kappa shape index (κ1) is 18.4. The highest BCUT2D eigenvalue weighted by Gasteiger charge is 2.33. The lowest BCUT2D eigenvalue weighted by Gasteiger charge is -2.18. The van der Waals surface area contributed by atoms with Gasteiger partial charge in [0.05, 0.1) is 4.92 Å². The number of aromatic nitrogens is 1. The maximum atomic E-state index is 12.9. The van der Waals surface area contributed by atoms with E-state index in [0.717, 1.165) is 12.3 Å². The van der Waals surface area contributed by atoms with E-state index < -0.39 is 28.7 Å². The number of halogens is 3. The monoisotopic (exact) mass is 354 g/mol. The molecule has 25 heavy (non-hydrogen) atoms. The van der Waals surface area contributed by atoms with Crippen molar-refractivity contribution in [1.82, 2.24) is 4.98 Å². The number of hydrogen-bond donors (Lipinski definition) is 0. The zero-order valence-corrected chi connectivity index (χ0v) is 13.0. The Bertz CT molecular complexity index is 776. The zero-order chi connectivity index (χ0) is 18.6. The number of esters is 1. The van der Waals surface area contributed by atoms with E-state index in [1.165, 1.54) is 37.3 Å². The number of alkyl halides is 3. The number of benzene rings is 1. The van der Waals surface area contributed by atoms with Crippen molar-refractivity contribution < 1.29 is 27.6 Å². The lowest BCUT2D eigenvalue weighted by molar-refractivity contribution is -0.384. The predicted octanol–water partition coefficient (Wildman–Crippen LogP) is 3.70. The van der Waals surface area contributed by atoms with Gasteiger partial charge >= 0.3 is 12.1 Å². The molecular formula is C16H13F3N2O4. The van der Waals surface area contributed by atoms with E-state index in [0.29, 0.717) is 5.56 Å². The summed E-state index contributed by atoms with van der Waals surface area (Å²) in [5.74, 6) is -1.30. The summed E-state index contributed by atoms with van der Waals surface area (Å²) in [7, 11) is 0. The lowest BCUT2D eigenvalue weighted by atomic mass is 9.92. The highest BCUT2D eigenvalue weighted by molar-refractivity contribution is 5.66. The van der Waals surface area contributed by atoms with Gasteiger partial charge in [0.2, 0.25) is 0 Å². The van der Waals surface area contributed by atoms with Gasteiger partial charge in [-0.3, -0.25) is 19.9 Å². The molecule has 0 fully saturated rings. The quantitative estimate of drug-likeness (QED) is 0.464. The van der Waals surface area contributed by atoms with E-state index in [2.05, 4.69) is 4.98 Å². The van der Waals surface area contributed by atoms with Gasteiger partial charge in [0.1, 0.15) is 12.3 Å². The second-order valence-electron chi connectivity index (χ2n) is 5.18. The first-order valence-electron chi connectivity index (χ1n) is 7.09. The Hall–Kier alpha value is -2.97. The van der Waals surface area contributed by atoms with E-state index in [-0.39, 0.29) is 17.9 Å². The minimum atomic E-state index is -4.61. The van der Waals surface area contributed by atoms with Crippen LogP contribution >= 0.6 is 0 Å². The number of ether oxygens (including phenoxy) is 1. The largest absolute Gasteiger partial charge is 0.465 e. The summed E-state index contributed by atoms with van der Waals surface area (Å²) in [6.07, 6.45) is -3.60. The number of nitro benzene ring substituents is 1. The Morgan fingerprint density at radius 1 is 1.24 bits per heavy atom. The first-order valence-corrected chi connectivity index (χ1v) is 7.09. The molecule has 2 rings (SSSR count). The second-order valence-corrected chi connectivity index (χ2v) is 5.18. The van der Waals surface area contributed by atoms with E-state index >= 15 is 0 Å². The lowest BCUT2D eigenvalue weighted by Crippen LogP contribution is -2.14. The molecule has 0 aliphatic rings. The van der Waals surface area contributed by atoms with E-state index in [4.69, 9.17) is 4.74 Å². The molecule has 1 atom stereocenters. The molecule has 1 aromatic carbocycles. The summed E-state index contributed by atoms with van der Waals surface area (Å²) < 4.78 is 43.5. The maximum absolute atomic E-state index is 12.9. The van der Waals surface area contributed by atoms with Gasteiger partial charge in [-0.05, 0) is 23.3 Å². The minimum Gasteiger partial charge on any atom is -0.465 e. The van der Waals surface area contributed by atoms with Crippen LogP contribution in [0.2, 0.25) is 0 Å². The van der Waals surface area contributed by atoms with Gasteiger partial charge in [-0.25, -0.2) is 0 Å². The molecule has 1 aromatic heterocycles. The van der Waals surface area contributed by atoms with Crippen LogP contribution in [0.3, 0.4) is 0 Å². The number of rotatable bonds is 5. The number of pyridine rings is 1. The molecule has 9 heteroatoms. The molecule has 0 aliphatic carbocycles. The van der Waals surface area contributed by atoms with Crippen LogP contribution in [-0.4, -0.2) is 22.5 Å². The molecule has 2 aromatic rings. The van der Waals surface area contributed by atoms with Gasteiger partial charge < -0.3 is 4.74 Å². The van der Waals surface area contributed by atoms with E-state index in [9.17, 15) is 28.1 Å². The Labute approximate surface area is 140 Å². The number of carbonyl (C=O) groups is 1. The Kier molecular flexibility index (Phi) is 5.35. The van der Waals surface area contributed by atoms with Gasteiger partial charge in [0.25, 0.3) is 5.69 Å². The van der Waals surface area contributed by atoms with Crippen LogP contribution in [0.25, 0.3) is 0 Å². The second kappa shape index (κ2) is 7.29. The third kappa shape index (κ3) is 4.75. The van der Waals surface area contributed by atoms with Crippen molar-refractivity contribution in [2.75, 3.05) is 6.61 Å². The highest BCUT2D eigenvalue weighted by Crippen LogP contribution is 2.32. The van der Waals surface area contributed by atoms with Crippen molar-refractivity contribution in [3.63, 3.8) is 0 Å². The Balaban J connectivity index is 2.42. The molecule has 0 spiro atoms. The minimum absolute atomic E-state index is 0.152. The van der Waals surface area contributed by atoms with Gasteiger partial charge in [-0.15, -0.1) is 0 Å². The van der Waals surface area contributed by atoms with Crippen molar-refractivity contribution in [1.29, 1.82) is 0 Å². The zero-order valence-electron chi connectivity index (χ0n) is 13.0. The molecule has 0 bridgehead atoms. The normalized spacial score (nSPS) is 12.5. The van der Waals surface area contributed by atoms with Crippen molar-refractivity contribution in [3.8, 4) is 0 Å². The average Bonchev–Trinajstić information content (AvgIpc) is 2.55. The van der Waals surface area contributed by atoms with Gasteiger partial charge in [0, 0.05) is 31.2 Å². The number of nitro groups is 1. The van der Waals surface area contributed by atoms with Crippen LogP contribution < -0.4 is 0 Å². The number of nitrogens with zero attached hydrogens (tertiary/aromatic N) is 2. The molecule has 6 nitrogen and oxygen atoms in total. The Morgan fingerprint density at radius 2 is 1.88 bits per heavy atom. The summed E-state index contributed by atoms with van der Waals surface area (Å²) >= 11 is 0. The summed E-state index contributed by atoms with van der Waals surface area (Å²) in [4.78, 5) is 24.5. The molecule has 0 radical (unpaired) electrons. The summed E-state index contributed by atoms with van der Waals surface area (Å²) in [5, 5.41) is 10.7. The van der Waals surface area contributed by atoms with Crippen molar-refractivity contribution in [2.45, 2.75) is 19.0 Å². The van der Waals surface area contributed by atoms with Gasteiger partial charge in [-0.1, -0.05) is 12.1 Å². The summed E-state index contributed by atoms with van der Waals surface area (Å²) in [5.41, 5.74) is -0.510. The highest BCUT2D eigenvalue weighted by atomic mass is 19.4. The van der Waals surface area contributed by atoms with Crippen LogP contribution in [0.4, 0.5) is 18.9 Å². The smallest absolute Gasteiger partial charge is 0.433 e. The summed E-state index contributed by atoms with van der Waals surface area (Å²) in [6.45, 7) is 0.981. The van der Waals surface area contributed by atoms with Crippen LogP contribution in [0.5, 0.6) is 0 Å². The standard InChI is InChI=1S/C16H13F3N2O4/c1-10(22)25-9-14(11-2-4-13(5-3-11)21(23)24)12-6-7-20-15(8-12)16(17,18)19/h2-8,14H,9H2,1H3. The number of hydrogen-bond acceptors (Lipinski definition) is 5. The van der Waals surface area contributed by atoms with Crippen LogP contribution in [-0.2, 0) is 15.7 Å². The van der Waals surface area contributed by atoms with E-state index in [1.54, 1.807) is 0 Å². The fraction of sp³-hybridized carbons (Fsp3) is 0.250. The first-order chi connectivity index (χ1) is 11.7. The van der Waals surface area contributed by atoms with Crippen LogP contribution in [0, 0.1) is 10.1 Å². The number of carbonyl (C=O) groups excluding carboxylic acids is 1. The van der Waals surface area contributed by atoms with Crippen molar-refractivity contribution in [3.05, 3.63) is 69.5 Å². The molecule has 0 N–H and O–H groups in total. The molecule has 1 unspecified atom stereocenters. The van der Waals surface area contributed by atoms with Crippen LogP contribution in [0.15, 0.2) is 42.6 Å². The summed E-state index contributed by atoms with van der Waals surface area (Å²) in [6, 6.07) is 7.56. The molecule has 1 heterocycles. The average molecular weight is 354 g/mol. The third-order valence-corrected chi connectivity index (χ3v) is 3.44. The fourth-order valence-corrected chi connectivity index (χ4v) is 2.23. The van der Waals surface area contributed by atoms with Crippen molar-refractivity contribution >= 4 is 11.7 Å². The third-order valence-electron chi connectivity index (χ3n) is 3.44. The molecular weight excluding hydrogens is 341 g/mol. The van der Waals surface area contributed by atoms with Gasteiger partial charge in [-0.2, -0.15) is 13.2 Å². The number of non-ortho nitro benzene ring substituents is 1. The topological polar surface area (TPSA) is 82.3 Å². The maximum Gasteiger partial charge on any atom is 0.433 e. The predicted molar refractivity (Wildman–Crippen MR) is 80.8 cm³/mol. The van der Waals surface area contributed by atoms with Crippen molar-refractivity contribution in [2.24, 2.45) is 0 Å². The van der Waals surface area contributed by atoms with E-state index in [1.807, 2.05) is 0 Å². The molecule has 0 saturated heterocycles. The molecule has 0 saturated carbocycles. The van der Waals surface area contributed by atoms with Gasteiger partial charge in [0.15, 0.2) is 0 Å². The SMILES string of the molecule is CC(=O)OCC(c1ccc([N+](=O)[O-])cc1)c1ccnc(C(F)(F)F)c1.